The summed E-state index contributed by atoms with van der Waals surface area (Å²) in [6.45, 7) is 2.89. The molecule has 6 nitrogen and oxygen atoms in total. The van der Waals surface area contributed by atoms with Crippen molar-refractivity contribution in [2.75, 3.05) is 11.1 Å². The van der Waals surface area contributed by atoms with Crippen LogP contribution in [0.2, 0.25) is 0 Å². The van der Waals surface area contributed by atoms with Crippen LogP contribution in [0.15, 0.2) is 47.4 Å². The third kappa shape index (κ3) is 5.85. The van der Waals surface area contributed by atoms with E-state index in [-0.39, 0.29) is 10.6 Å². The first-order valence-corrected chi connectivity index (χ1v) is 9.98. The zero-order valence-electron chi connectivity index (χ0n) is 15.2. The van der Waals surface area contributed by atoms with Crippen LogP contribution in [0.4, 0.5) is 14.5 Å². The quantitative estimate of drug-likeness (QED) is 0.559. The van der Waals surface area contributed by atoms with Crippen LogP contribution in [-0.2, 0) is 24.2 Å². The molecular formula is C19H19F2NO5S. The van der Waals surface area contributed by atoms with Crippen molar-refractivity contribution in [3.05, 3.63) is 59.7 Å². The van der Waals surface area contributed by atoms with Crippen LogP contribution >= 0.6 is 0 Å². The van der Waals surface area contributed by atoms with Gasteiger partial charge in [0.25, 0.3) is 5.91 Å². The van der Waals surface area contributed by atoms with E-state index in [1.54, 1.807) is 6.92 Å². The van der Waals surface area contributed by atoms with Gasteiger partial charge in [-0.2, -0.15) is 0 Å². The minimum absolute atomic E-state index is 0.117. The first kappa shape index (κ1) is 21.5. The van der Waals surface area contributed by atoms with Crippen LogP contribution in [0.5, 0.6) is 0 Å². The summed E-state index contributed by atoms with van der Waals surface area (Å²) in [5.41, 5.74) is 0.620. The highest BCUT2D eigenvalue weighted by Crippen LogP contribution is 2.15. The lowest BCUT2D eigenvalue weighted by Crippen LogP contribution is -2.30. The number of esters is 1. The monoisotopic (exact) mass is 411 g/mol. The Hall–Kier alpha value is -2.81. The topological polar surface area (TPSA) is 89.5 Å². The second-order valence-electron chi connectivity index (χ2n) is 6.11. The Morgan fingerprint density at radius 3 is 2.36 bits per heavy atom. The number of rotatable bonds is 7. The fourth-order valence-corrected chi connectivity index (χ4v) is 3.42. The summed E-state index contributed by atoms with van der Waals surface area (Å²) in [5, 5.41) is 2.41. The van der Waals surface area contributed by atoms with Gasteiger partial charge in [-0.1, -0.05) is 6.07 Å². The Balaban J connectivity index is 1.88. The second-order valence-corrected chi connectivity index (χ2v) is 8.22. The first-order chi connectivity index (χ1) is 13.1. The summed E-state index contributed by atoms with van der Waals surface area (Å²) in [4.78, 5) is 23.8. The van der Waals surface area contributed by atoms with Gasteiger partial charge in [-0.15, -0.1) is 0 Å². The molecule has 0 radical (unpaired) electrons. The van der Waals surface area contributed by atoms with Gasteiger partial charge in [0, 0.05) is 5.69 Å². The number of anilines is 1. The number of hydrogen-bond acceptors (Lipinski definition) is 5. The van der Waals surface area contributed by atoms with E-state index in [1.165, 1.54) is 19.1 Å². The van der Waals surface area contributed by atoms with E-state index in [2.05, 4.69) is 5.32 Å². The number of sulfone groups is 1. The number of hydrogen-bond donors (Lipinski definition) is 1. The second kappa shape index (κ2) is 8.92. The van der Waals surface area contributed by atoms with Crippen molar-refractivity contribution in [3.63, 3.8) is 0 Å². The van der Waals surface area contributed by atoms with Crippen molar-refractivity contribution in [1.82, 2.24) is 0 Å². The minimum Gasteiger partial charge on any atom is -0.453 e. The number of carbonyl (C=O) groups is 2. The molecule has 0 bridgehead atoms. The molecule has 2 rings (SSSR count). The summed E-state index contributed by atoms with van der Waals surface area (Å²) in [6.07, 6.45) is -1.68. The molecule has 0 unspecified atom stereocenters. The number of ether oxygens (including phenoxy) is 1. The lowest BCUT2D eigenvalue weighted by molar-refractivity contribution is -0.152. The average molecular weight is 411 g/mol. The maximum absolute atomic E-state index is 13.5. The molecule has 2 aromatic rings. The zero-order valence-corrected chi connectivity index (χ0v) is 16.1. The average Bonchev–Trinajstić information content (AvgIpc) is 2.63. The number of nitrogens with one attached hydrogen (secondary N) is 1. The molecule has 0 fully saturated rings. The summed E-state index contributed by atoms with van der Waals surface area (Å²) < 4.78 is 55.5. The van der Waals surface area contributed by atoms with Gasteiger partial charge >= 0.3 is 5.97 Å². The predicted molar refractivity (Wildman–Crippen MR) is 98.4 cm³/mol. The molecule has 0 saturated carbocycles. The number of carbonyl (C=O) groups excluding carboxylic acids is 2. The fourth-order valence-electron chi connectivity index (χ4n) is 2.20. The Labute approximate surface area is 161 Å². The maximum Gasteiger partial charge on any atom is 0.307 e. The molecule has 0 spiro atoms. The maximum atomic E-state index is 13.5. The van der Waals surface area contributed by atoms with Crippen LogP contribution < -0.4 is 5.32 Å². The number of benzene rings is 2. The van der Waals surface area contributed by atoms with Crippen LogP contribution in [0.3, 0.4) is 0 Å². The highest BCUT2D eigenvalue weighted by molar-refractivity contribution is 7.91. The molecule has 1 atom stereocenters. The summed E-state index contributed by atoms with van der Waals surface area (Å²) in [5.74, 6) is -3.18. The molecule has 0 aliphatic carbocycles. The van der Waals surface area contributed by atoms with E-state index >= 15 is 0 Å². The third-order valence-electron chi connectivity index (χ3n) is 3.86. The molecule has 1 amide bonds. The molecule has 0 heterocycles. The summed E-state index contributed by atoms with van der Waals surface area (Å²) in [7, 11) is -3.80. The van der Waals surface area contributed by atoms with E-state index < -0.39 is 51.6 Å². The van der Waals surface area contributed by atoms with Gasteiger partial charge < -0.3 is 10.1 Å². The van der Waals surface area contributed by atoms with E-state index in [0.717, 1.165) is 30.3 Å². The van der Waals surface area contributed by atoms with Crippen LogP contribution in [-0.4, -0.2) is 32.2 Å². The Kier molecular flexibility index (Phi) is 6.85. The summed E-state index contributed by atoms with van der Waals surface area (Å²) in [6, 6.07) is 8.34. The highest BCUT2D eigenvalue weighted by atomic mass is 32.2. The smallest absolute Gasteiger partial charge is 0.307 e. The fraction of sp³-hybridized carbons (Fsp3) is 0.263. The molecule has 0 aliphatic rings. The van der Waals surface area contributed by atoms with E-state index in [0.29, 0.717) is 5.56 Å². The molecule has 0 aliphatic heterocycles. The SMILES string of the molecule is Cc1ccc(NC(=O)[C@@H](C)OC(=O)CCS(=O)(=O)c2ccc(F)cc2)cc1F. The van der Waals surface area contributed by atoms with Gasteiger partial charge in [0.1, 0.15) is 11.6 Å². The molecular weight excluding hydrogens is 392 g/mol. The number of aryl methyl sites for hydroxylation is 1. The molecule has 2 aromatic carbocycles. The third-order valence-corrected chi connectivity index (χ3v) is 5.60. The predicted octanol–water partition coefficient (Wildman–Crippen LogP) is 3.01. The largest absolute Gasteiger partial charge is 0.453 e. The molecule has 150 valence electrons. The van der Waals surface area contributed by atoms with Gasteiger partial charge in [0.05, 0.1) is 17.1 Å². The number of halogens is 2. The first-order valence-electron chi connectivity index (χ1n) is 8.33. The molecule has 28 heavy (non-hydrogen) atoms. The van der Waals surface area contributed by atoms with Crippen LogP contribution in [0.1, 0.15) is 18.9 Å². The van der Waals surface area contributed by atoms with Gasteiger partial charge in [-0.25, -0.2) is 17.2 Å². The molecule has 0 aromatic heterocycles. The van der Waals surface area contributed by atoms with Crippen molar-refractivity contribution in [3.8, 4) is 0 Å². The van der Waals surface area contributed by atoms with Crippen LogP contribution in [0.25, 0.3) is 0 Å². The lowest BCUT2D eigenvalue weighted by Gasteiger charge is -2.14. The lowest BCUT2D eigenvalue weighted by atomic mass is 10.2. The van der Waals surface area contributed by atoms with Gasteiger partial charge in [0.15, 0.2) is 15.9 Å². The van der Waals surface area contributed by atoms with Crippen LogP contribution in [0, 0.1) is 18.6 Å². The van der Waals surface area contributed by atoms with Crippen molar-refractivity contribution in [1.29, 1.82) is 0 Å². The minimum atomic E-state index is -3.80. The molecule has 0 saturated heterocycles. The van der Waals surface area contributed by atoms with Gasteiger partial charge in [-0.05, 0) is 55.8 Å². The van der Waals surface area contributed by atoms with E-state index in [4.69, 9.17) is 4.74 Å². The standard InChI is InChI=1S/C19H19F2NO5S/c1-12-3-6-15(11-17(12)21)22-19(24)13(2)27-18(23)9-10-28(25,26)16-7-4-14(20)5-8-16/h3-8,11,13H,9-10H2,1-2H3,(H,22,24)/t13-/m1/s1. The van der Waals surface area contributed by atoms with E-state index in [9.17, 15) is 26.8 Å². The van der Waals surface area contributed by atoms with Crippen molar-refractivity contribution >= 4 is 27.4 Å². The Bertz CT molecular complexity index is 974. The normalized spacial score (nSPS) is 12.3. The highest BCUT2D eigenvalue weighted by Gasteiger charge is 2.21. The Morgan fingerprint density at radius 1 is 1.11 bits per heavy atom. The van der Waals surface area contributed by atoms with E-state index in [1.807, 2.05) is 0 Å². The summed E-state index contributed by atoms with van der Waals surface area (Å²) >= 11 is 0. The van der Waals surface area contributed by atoms with Crippen molar-refractivity contribution in [2.45, 2.75) is 31.3 Å². The van der Waals surface area contributed by atoms with Gasteiger partial charge in [-0.3, -0.25) is 9.59 Å². The number of amides is 1. The van der Waals surface area contributed by atoms with Crippen molar-refractivity contribution < 1.29 is 31.5 Å². The van der Waals surface area contributed by atoms with Gasteiger partial charge in [0.2, 0.25) is 0 Å². The molecule has 1 N–H and O–H groups in total. The molecule has 9 heteroatoms. The Morgan fingerprint density at radius 2 is 1.75 bits per heavy atom. The van der Waals surface area contributed by atoms with Crippen molar-refractivity contribution in [2.24, 2.45) is 0 Å². The zero-order chi connectivity index (χ0) is 20.9.